The highest BCUT2D eigenvalue weighted by Crippen LogP contribution is 2.23. The largest absolute Gasteiger partial charge is 0.339 e. The number of benzene rings is 1. The van der Waals surface area contributed by atoms with Gasteiger partial charge in [0.2, 0.25) is 5.91 Å². The number of nitrogens with one attached hydrogen (secondary N) is 1. The molecule has 0 atom stereocenters. The summed E-state index contributed by atoms with van der Waals surface area (Å²) < 4.78 is 0. The van der Waals surface area contributed by atoms with E-state index in [1.54, 1.807) is 24.3 Å². The van der Waals surface area contributed by atoms with E-state index in [0.29, 0.717) is 16.1 Å². The lowest BCUT2D eigenvalue weighted by atomic mass is 10.0. The van der Waals surface area contributed by atoms with Crippen molar-refractivity contribution in [2.75, 3.05) is 18.4 Å². The van der Waals surface area contributed by atoms with Crippen molar-refractivity contribution in [2.24, 2.45) is 0 Å². The Kier molecular flexibility index (Phi) is 7.74. The SMILES string of the molecule is Cc1ccc(C(=O)CCC(=O)CCC(=O)Nc2cccc(C(=O)N3CCCC3)c2C)s1. The Morgan fingerprint density at radius 3 is 2.32 bits per heavy atom. The Morgan fingerprint density at radius 2 is 1.65 bits per heavy atom. The highest BCUT2D eigenvalue weighted by molar-refractivity contribution is 7.14. The molecule has 1 aromatic carbocycles. The molecule has 2 amide bonds. The molecule has 1 aromatic heterocycles. The van der Waals surface area contributed by atoms with Crippen LogP contribution in [0.25, 0.3) is 0 Å². The summed E-state index contributed by atoms with van der Waals surface area (Å²) in [6.07, 6.45) is 2.49. The van der Waals surface area contributed by atoms with E-state index in [2.05, 4.69) is 5.32 Å². The molecule has 6 nitrogen and oxygen atoms in total. The Bertz CT molecular complexity index is 989. The van der Waals surface area contributed by atoms with E-state index in [1.807, 2.05) is 24.8 Å². The molecule has 0 bridgehead atoms. The van der Waals surface area contributed by atoms with Gasteiger partial charge >= 0.3 is 0 Å². The second-order valence-corrected chi connectivity index (χ2v) is 9.19. The van der Waals surface area contributed by atoms with Crippen LogP contribution in [-0.4, -0.2) is 41.4 Å². The van der Waals surface area contributed by atoms with Crippen molar-refractivity contribution in [2.45, 2.75) is 52.4 Å². The van der Waals surface area contributed by atoms with Crippen LogP contribution >= 0.6 is 11.3 Å². The van der Waals surface area contributed by atoms with Gasteiger partial charge < -0.3 is 10.2 Å². The molecule has 1 aliphatic rings. The van der Waals surface area contributed by atoms with Gasteiger partial charge in [0.25, 0.3) is 5.91 Å². The predicted molar refractivity (Wildman–Crippen MR) is 122 cm³/mol. The molecule has 2 heterocycles. The number of aryl methyl sites for hydroxylation is 1. The zero-order valence-corrected chi connectivity index (χ0v) is 18.8. The number of likely N-dealkylation sites (tertiary alicyclic amines) is 1. The molecule has 3 rings (SSSR count). The van der Waals surface area contributed by atoms with Crippen LogP contribution in [0.5, 0.6) is 0 Å². The summed E-state index contributed by atoms with van der Waals surface area (Å²) in [5.41, 5.74) is 1.92. The summed E-state index contributed by atoms with van der Waals surface area (Å²) in [6.45, 7) is 5.30. The smallest absolute Gasteiger partial charge is 0.254 e. The van der Waals surface area contributed by atoms with E-state index in [-0.39, 0.29) is 49.1 Å². The molecule has 0 unspecified atom stereocenters. The molecule has 0 spiro atoms. The minimum absolute atomic E-state index is 0.00752. The molecule has 0 saturated carbocycles. The molecular weight excluding hydrogens is 412 g/mol. The lowest BCUT2D eigenvalue weighted by Crippen LogP contribution is -2.28. The van der Waals surface area contributed by atoms with E-state index in [4.69, 9.17) is 0 Å². The molecule has 1 fully saturated rings. The molecule has 1 N–H and O–H groups in total. The first-order valence-electron chi connectivity index (χ1n) is 10.6. The summed E-state index contributed by atoms with van der Waals surface area (Å²) >= 11 is 1.43. The average molecular weight is 441 g/mol. The van der Waals surface area contributed by atoms with Crippen molar-refractivity contribution in [3.8, 4) is 0 Å². The number of Topliss-reactive ketones (excluding diaryl/α,β-unsaturated/α-hetero) is 2. The minimum atomic E-state index is -0.276. The number of carbonyl (C=O) groups excluding carboxylic acids is 4. The first-order chi connectivity index (χ1) is 14.8. The summed E-state index contributed by atoms with van der Waals surface area (Å²) in [5.74, 6) is -0.424. The van der Waals surface area contributed by atoms with Crippen molar-refractivity contribution in [1.29, 1.82) is 0 Å². The van der Waals surface area contributed by atoms with Crippen LogP contribution in [0.3, 0.4) is 0 Å². The fourth-order valence-corrected chi connectivity index (χ4v) is 4.48. The predicted octanol–water partition coefficient (Wildman–Crippen LogP) is 4.55. The van der Waals surface area contributed by atoms with Gasteiger partial charge in [-0.3, -0.25) is 19.2 Å². The van der Waals surface area contributed by atoms with Crippen molar-refractivity contribution < 1.29 is 19.2 Å². The molecule has 0 aliphatic carbocycles. The van der Waals surface area contributed by atoms with Crippen LogP contribution in [0.2, 0.25) is 0 Å². The molecule has 1 saturated heterocycles. The maximum Gasteiger partial charge on any atom is 0.254 e. The van der Waals surface area contributed by atoms with Crippen LogP contribution in [-0.2, 0) is 9.59 Å². The molecule has 7 heteroatoms. The number of carbonyl (C=O) groups is 4. The minimum Gasteiger partial charge on any atom is -0.339 e. The Hall–Kier alpha value is -2.80. The summed E-state index contributed by atoms with van der Waals surface area (Å²) in [6, 6.07) is 8.97. The van der Waals surface area contributed by atoms with Crippen LogP contribution < -0.4 is 5.32 Å². The quantitative estimate of drug-likeness (QED) is 0.580. The zero-order valence-electron chi connectivity index (χ0n) is 18.0. The van der Waals surface area contributed by atoms with Gasteiger partial charge in [-0.15, -0.1) is 11.3 Å². The van der Waals surface area contributed by atoms with E-state index >= 15 is 0 Å². The van der Waals surface area contributed by atoms with Gasteiger partial charge in [-0.25, -0.2) is 0 Å². The molecular formula is C24H28N2O4S. The Labute approximate surface area is 186 Å². The number of hydrogen-bond donors (Lipinski definition) is 1. The van der Waals surface area contributed by atoms with Gasteiger partial charge in [0, 0.05) is 54.9 Å². The fraction of sp³-hybridized carbons (Fsp3) is 0.417. The molecule has 2 aromatic rings. The normalized spacial score (nSPS) is 13.3. The molecule has 1 aliphatic heterocycles. The van der Waals surface area contributed by atoms with Crippen LogP contribution in [0, 0.1) is 13.8 Å². The van der Waals surface area contributed by atoms with Gasteiger partial charge in [0.15, 0.2) is 5.78 Å². The number of nitrogens with zero attached hydrogens (tertiary/aromatic N) is 1. The first-order valence-corrected chi connectivity index (χ1v) is 11.5. The number of thiophene rings is 1. The number of ketones is 2. The summed E-state index contributed by atoms with van der Waals surface area (Å²) in [4.78, 5) is 52.8. The Morgan fingerprint density at radius 1 is 0.935 bits per heavy atom. The van der Waals surface area contributed by atoms with Gasteiger partial charge in [-0.05, 0) is 56.5 Å². The maximum atomic E-state index is 12.7. The number of anilines is 1. The van der Waals surface area contributed by atoms with Crippen molar-refractivity contribution >= 4 is 40.4 Å². The second kappa shape index (κ2) is 10.5. The van der Waals surface area contributed by atoms with Crippen molar-refractivity contribution in [1.82, 2.24) is 4.90 Å². The Balaban J connectivity index is 1.48. The third kappa shape index (κ3) is 6.10. The second-order valence-electron chi connectivity index (χ2n) is 7.90. The molecule has 164 valence electrons. The third-order valence-corrected chi connectivity index (χ3v) is 6.55. The first kappa shape index (κ1) is 22.9. The van der Waals surface area contributed by atoms with Crippen molar-refractivity contribution in [3.05, 3.63) is 51.2 Å². The summed E-state index contributed by atoms with van der Waals surface area (Å²) in [7, 11) is 0. The number of amides is 2. The molecule has 31 heavy (non-hydrogen) atoms. The number of rotatable bonds is 9. The van der Waals surface area contributed by atoms with E-state index in [9.17, 15) is 19.2 Å². The van der Waals surface area contributed by atoms with E-state index < -0.39 is 0 Å². The highest BCUT2D eigenvalue weighted by atomic mass is 32.1. The van der Waals surface area contributed by atoms with Gasteiger partial charge in [0.05, 0.1) is 4.88 Å². The highest BCUT2D eigenvalue weighted by Gasteiger charge is 2.22. The maximum absolute atomic E-state index is 12.7. The topological polar surface area (TPSA) is 83.5 Å². The van der Waals surface area contributed by atoms with Gasteiger partial charge in [0.1, 0.15) is 5.78 Å². The average Bonchev–Trinajstić information content (AvgIpc) is 3.43. The lowest BCUT2D eigenvalue weighted by molar-refractivity contribution is -0.122. The molecule has 0 radical (unpaired) electrons. The number of hydrogen-bond acceptors (Lipinski definition) is 5. The van der Waals surface area contributed by atoms with Crippen LogP contribution in [0.4, 0.5) is 5.69 Å². The fourth-order valence-electron chi connectivity index (χ4n) is 3.64. The van der Waals surface area contributed by atoms with Crippen LogP contribution in [0.1, 0.15) is 69.0 Å². The van der Waals surface area contributed by atoms with Gasteiger partial charge in [-0.2, -0.15) is 0 Å². The third-order valence-electron chi connectivity index (χ3n) is 5.51. The zero-order chi connectivity index (χ0) is 22.4. The lowest BCUT2D eigenvalue weighted by Gasteiger charge is -2.18. The standard InChI is InChI=1S/C24H28N2O4S/c1-16-8-12-22(31-16)21(28)11-9-18(27)10-13-23(29)25-20-7-5-6-19(17(20)2)24(30)26-14-3-4-15-26/h5-8,12H,3-4,9-11,13-15H2,1-2H3,(H,25,29). The van der Waals surface area contributed by atoms with E-state index in [0.717, 1.165) is 36.4 Å². The van der Waals surface area contributed by atoms with Crippen LogP contribution in [0.15, 0.2) is 30.3 Å². The van der Waals surface area contributed by atoms with Crippen molar-refractivity contribution in [3.63, 3.8) is 0 Å². The monoisotopic (exact) mass is 440 g/mol. The van der Waals surface area contributed by atoms with E-state index in [1.165, 1.54) is 11.3 Å². The summed E-state index contributed by atoms with van der Waals surface area (Å²) in [5, 5.41) is 2.82. The van der Waals surface area contributed by atoms with Gasteiger partial charge in [-0.1, -0.05) is 6.07 Å².